The largest absolute Gasteiger partial charge is 0.291 e. The maximum atomic E-state index is 12.0. The second kappa shape index (κ2) is 6.36. The lowest BCUT2D eigenvalue weighted by Gasteiger charge is -2.21. The number of carbonyl (C=O) groups is 1. The number of nitriles is 2. The molecule has 0 aromatic carbocycles. The Kier molecular flexibility index (Phi) is 5.11. The van der Waals surface area contributed by atoms with E-state index >= 15 is 0 Å². The third-order valence-corrected chi connectivity index (χ3v) is 3.54. The van der Waals surface area contributed by atoms with Crippen molar-refractivity contribution in [3.05, 3.63) is 21.3 Å². The van der Waals surface area contributed by atoms with Crippen LogP contribution in [0.1, 0.15) is 16.6 Å². The van der Waals surface area contributed by atoms with Gasteiger partial charge in [0.2, 0.25) is 0 Å². The maximum Gasteiger partial charge on any atom is 0.189 e. The molecule has 0 N–H and O–H groups in total. The Morgan fingerprint density at radius 3 is 2.47 bits per heavy atom. The van der Waals surface area contributed by atoms with Crippen molar-refractivity contribution in [2.24, 2.45) is 0 Å². The van der Waals surface area contributed by atoms with Crippen LogP contribution in [0.3, 0.4) is 0 Å². The van der Waals surface area contributed by atoms with E-state index in [4.69, 9.17) is 22.1 Å². The van der Waals surface area contributed by atoms with Gasteiger partial charge in [-0.1, -0.05) is 11.6 Å². The fraction of sp³-hybridized carbons (Fsp3) is 0.364. The molecule has 0 spiro atoms. The number of nitrogens with zero attached hydrogens (tertiary/aromatic N) is 3. The minimum Gasteiger partial charge on any atom is -0.291 e. The molecule has 0 saturated heterocycles. The van der Waals surface area contributed by atoms with E-state index in [1.54, 1.807) is 19.1 Å². The van der Waals surface area contributed by atoms with Crippen LogP contribution in [0.2, 0.25) is 4.34 Å². The molecule has 6 heteroatoms. The van der Waals surface area contributed by atoms with E-state index in [-0.39, 0.29) is 18.9 Å². The zero-order valence-electron chi connectivity index (χ0n) is 9.18. The summed E-state index contributed by atoms with van der Waals surface area (Å²) in [5, 5.41) is 17.3. The summed E-state index contributed by atoms with van der Waals surface area (Å²) in [5.41, 5.74) is 0. The van der Waals surface area contributed by atoms with Crippen molar-refractivity contribution < 1.29 is 4.79 Å². The summed E-state index contributed by atoms with van der Waals surface area (Å²) in [6.45, 7) is 1.80. The van der Waals surface area contributed by atoms with Crippen molar-refractivity contribution in [1.29, 1.82) is 10.5 Å². The van der Waals surface area contributed by atoms with Crippen LogP contribution in [-0.2, 0) is 0 Å². The van der Waals surface area contributed by atoms with E-state index in [9.17, 15) is 4.79 Å². The van der Waals surface area contributed by atoms with Gasteiger partial charge in [0, 0.05) is 0 Å². The lowest BCUT2D eigenvalue weighted by Crippen LogP contribution is -2.39. The van der Waals surface area contributed by atoms with Gasteiger partial charge in [0.15, 0.2) is 5.78 Å². The summed E-state index contributed by atoms with van der Waals surface area (Å²) in [4.78, 5) is 14.1. The fourth-order valence-electron chi connectivity index (χ4n) is 1.33. The van der Waals surface area contributed by atoms with Gasteiger partial charge in [-0.3, -0.25) is 9.69 Å². The molecule has 88 valence electrons. The van der Waals surface area contributed by atoms with Gasteiger partial charge in [-0.05, 0) is 19.1 Å². The van der Waals surface area contributed by atoms with Gasteiger partial charge in [0.05, 0.1) is 40.5 Å². The van der Waals surface area contributed by atoms with Crippen LogP contribution in [-0.4, -0.2) is 29.8 Å². The number of ketones is 1. The summed E-state index contributed by atoms with van der Waals surface area (Å²) < 4.78 is 0.549. The van der Waals surface area contributed by atoms with Crippen molar-refractivity contribution in [3.63, 3.8) is 0 Å². The molecule has 0 aliphatic carbocycles. The van der Waals surface area contributed by atoms with E-state index in [0.717, 1.165) is 0 Å². The number of hydrogen-bond donors (Lipinski definition) is 0. The number of rotatable bonds is 5. The molecule has 0 bridgehead atoms. The minimum absolute atomic E-state index is 0.0551. The highest BCUT2D eigenvalue weighted by atomic mass is 35.5. The van der Waals surface area contributed by atoms with E-state index in [1.807, 2.05) is 12.1 Å². The van der Waals surface area contributed by atoms with E-state index in [1.165, 1.54) is 16.2 Å². The van der Waals surface area contributed by atoms with Crippen LogP contribution in [0.4, 0.5) is 0 Å². The SMILES string of the molecule is CC(C(=O)c1ccc(Cl)s1)N(CC#N)CC#N. The molecule has 17 heavy (non-hydrogen) atoms. The minimum atomic E-state index is -0.496. The first-order valence-electron chi connectivity index (χ1n) is 4.87. The number of Topliss-reactive ketones (excluding diaryl/α,β-unsaturated/α-hetero) is 1. The van der Waals surface area contributed by atoms with Crippen molar-refractivity contribution in [2.45, 2.75) is 13.0 Å². The van der Waals surface area contributed by atoms with Crippen LogP contribution in [0.5, 0.6) is 0 Å². The summed E-state index contributed by atoms with van der Waals surface area (Å²) in [6.07, 6.45) is 0. The molecule has 1 heterocycles. The van der Waals surface area contributed by atoms with Gasteiger partial charge in [0.25, 0.3) is 0 Å². The first-order valence-corrected chi connectivity index (χ1v) is 6.07. The van der Waals surface area contributed by atoms with Crippen LogP contribution < -0.4 is 0 Å². The molecule has 0 fully saturated rings. The van der Waals surface area contributed by atoms with Crippen molar-refractivity contribution in [2.75, 3.05) is 13.1 Å². The molecule has 1 aromatic rings. The quantitative estimate of drug-likeness (QED) is 0.606. The van der Waals surface area contributed by atoms with E-state index in [2.05, 4.69) is 0 Å². The molecular weight excluding hydrogens is 258 g/mol. The number of halogens is 1. The molecular formula is C11H10ClN3OS. The molecule has 0 amide bonds. The Bertz CT molecular complexity index is 470. The molecule has 4 nitrogen and oxygen atoms in total. The van der Waals surface area contributed by atoms with Gasteiger partial charge >= 0.3 is 0 Å². The molecule has 0 radical (unpaired) electrons. The highest BCUT2D eigenvalue weighted by Gasteiger charge is 2.23. The number of carbonyl (C=O) groups excluding carboxylic acids is 1. The van der Waals surface area contributed by atoms with Crippen molar-refractivity contribution >= 4 is 28.7 Å². The molecule has 0 aliphatic rings. The summed E-state index contributed by atoms with van der Waals surface area (Å²) in [6, 6.07) is 6.71. The van der Waals surface area contributed by atoms with Gasteiger partial charge < -0.3 is 0 Å². The van der Waals surface area contributed by atoms with Gasteiger partial charge in [-0.15, -0.1) is 11.3 Å². The second-order valence-corrected chi connectivity index (χ2v) is 5.08. The standard InChI is InChI=1S/C11H10ClN3OS/c1-8(15(6-4-13)7-5-14)11(16)9-2-3-10(12)17-9/h2-3,8H,6-7H2,1H3. The Morgan fingerprint density at radius 2 is 2.06 bits per heavy atom. The van der Waals surface area contributed by atoms with Crippen LogP contribution in [0, 0.1) is 22.7 Å². The van der Waals surface area contributed by atoms with E-state index in [0.29, 0.717) is 9.21 Å². The molecule has 0 saturated carbocycles. The van der Waals surface area contributed by atoms with Gasteiger partial charge in [-0.2, -0.15) is 10.5 Å². The Morgan fingerprint density at radius 1 is 1.47 bits per heavy atom. The van der Waals surface area contributed by atoms with Crippen molar-refractivity contribution in [3.8, 4) is 12.1 Å². The molecule has 1 atom stereocenters. The normalized spacial score (nSPS) is 11.8. The number of thiophene rings is 1. The Labute approximate surface area is 109 Å². The Balaban J connectivity index is 2.81. The van der Waals surface area contributed by atoms with Crippen LogP contribution >= 0.6 is 22.9 Å². The third kappa shape index (κ3) is 3.54. The average molecular weight is 268 g/mol. The first-order chi connectivity index (χ1) is 8.10. The topological polar surface area (TPSA) is 67.9 Å². The summed E-state index contributed by atoms with van der Waals surface area (Å²) >= 11 is 6.96. The molecule has 1 unspecified atom stereocenters. The number of hydrogen-bond acceptors (Lipinski definition) is 5. The van der Waals surface area contributed by atoms with E-state index < -0.39 is 6.04 Å². The Hall–Kier alpha value is -1.40. The lowest BCUT2D eigenvalue weighted by atomic mass is 10.1. The monoisotopic (exact) mass is 267 g/mol. The molecule has 1 aromatic heterocycles. The molecule has 1 rings (SSSR count). The first kappa shape index (κ1) is 13.7. The zero-order valence-corrected chi connectivity index (χ0v) is 10.8. The predicted octanol–water partition coefficient (Wildman–Crippen LogP) is 2.32. The predicted molar refractivity (Wildman–Crippen MR) is 65.9 cm³/mol. The average Bonchev–Trinajstić information content (AvgIpc) is 2.73. The smallest absolute Gasteiger partial charge is 0.189 e. The highest BCUT2D eigenvalue weighted by molar-refractivity contribution is 7.18. The van der Waals surface area contributed by atoms with Crippen LogP contribution in [0.15, 0.2) is 12.1 Å². The second-order valence-electron chi connectivity index (χ2n) is 3.37. The molecule has 0 aliphatic heterocycles. The van der Waals surface area contributed by atoms with Gasteiger partial charge in [-0.25, -0.2) is 0 Å². The zero-order chi connectivity index (χ0) is 12.8. The maximum absolute atomic E-state index is 12.0. The fourth-order valence-corrected chi connectivity index (χ4v) is 2.40. The van der Waals surface area contributed by atoms with Gasteiger partial charge in [0.1, 0.15) is 0 Å². The highest BCUT2D eigenvalue weighted by Crippen LogP contribution is 2.23. The van der Waals surface area contributed by atoms with Crippen LogP contribution in [0.25, 0.3) is 0 Å². The third-order valence-electron chi connectivity index (χ3n) is 2.29. The summed E-state index contributed by atoms with van der Waals surface area (Å²) in [5.74, 6) is -0.118. The van der Waals surface area contributed by atoms with Crippen molar-refractivity contribution in [1.82, 2.24) is 4.90 Å². The summed E-state index contributed by atoms with van der Waals surface area (Å²) in [7, 11) is 0. The lowest BCUT2D eigenvalue weighted by molar-refractivity contribution is 0.0873.